The Morgan fingerprint density at radius 1 is 1.19 bits per heavy atom. The zero-order valence-corrected chi connectivity index (χ0v) is 16.4. The molecule has 0 bridgehead atoms. The maximum atomic E-state index is 10.1. The van der Waals surface area contributed by atoms with Gasteiger partial charge in [0, 0.05) is 12.7 Å². The van der Waals surface area contributed by atoms with Crippen LogP contribution in [0.3, 0.4) is 0 Å². The van der Waals surface area contributed by atoms with Crippen LogP contribution in [0.4, 0.5) is 0 Å². The van der Waals surface area contributed by atoms with Gasteiger partial charge in [-0.15, -0.1) is 0 Å². The number of nitrogens with zero attached hydrogens (tertiary/aromatic N) is 1. The van der Waals surface area contributed by atoms with E-state index >= 15 is 0 Å². The molecule has 1 aromatic carbocycles. The second-order valence-electron chi connectivity index (χ2n) is 6.62. The van der Waals surface area contributed by atoms with Gasteiger partial charge < -0.3 is 19.3 Å². The van der Waals surface area contributed by atoms with Gasteiger partial charge in [0.15, 0.2) is 0 Å². The van der Waals surface area contributed by atoms with Crippen LogP contribution in [0.1, 0.15) is 37.4 Å². The van der Waals surface area contributed by atoms with Crippen LogP contribution in [0.2, 0.25) is 5.02 Å². The molecule has 1 N–H and O–H groups in total. The Morgan fingerprint density at radius 3 is 2.70 bits per heavy atom. The second-order valence-corrected chi connectivity index (χ2v) is 6.99. The van der Waals surface area contributed by atoms with E-state index in [-0.39, 0.29) is 16.9 Å². The summed E-state index contributed by atoms with van der Waals surface area (Å²) in [7, 11) is 0. The van der Waals surface area contributed by atoms with E-state index in [1.807, 2.05) is 31.2 Å². The van der Waals surface area contributed by atoms with Gasteiger partial charge in [0.2, 0.25) is 5.88 Å². The number of hydrogen-bond acceptors (Lipinski definition) is 5. The first kappa shape index (κ1) is 19.8. The fourth-order valence-electron chi connectivity index (χ4n) is 3.08. The smallest absolute Gasteiger partial charge is 0.217 e. The Labute approximate surface area is 165 Å². The van der Waals surface area contributed by atoms with Crippen molar-refractivity contribution in [1.29, 1.82) is 0 Å². The van der Waals surface area contributed by atoms with Crippen LogP contribution < -0.4 is 9.47 Å². The van der Waals surface area contributed by atoms with E-state index < -0.39 is 0 Å². The first-order valence-electron chi connectivity index (χ1n) is 9.50. The molecule has 1 aliphatic rings. The Bertz CT molecular complexity index is 730. The lowest BCUT2D eigenvalue weighted by Gasteiger charge is -2.22. The molecule has 27 heavy (non-hydrogen) atoms. The molecule has 1 aliphatic heterocycles. The van der Waals surface area contributed by atoms with E-state index in [4.69, 9.17) is 25.8 Å². The standard InChI is InChI=1S/C21H26ClNO4/c1-2-25-16-9-6-15(7-10-16)8-11-18-21(22)19(24)13-20(23-18)27-14-17-5-3-4-12-26-17/h6-7,9-10,13,17H,2-5,8,11-12,14H2,1H3,(H,23,24). The molecular formula is C21H26ClNO4. The third-order valence-electron chi connectivity index (χ3n) is 4.56. The number of aromatic hydroxyl groups is 1. The van der Waals surface area contributed by atoms with Crippen molar-refractivity contribution in [3.05, 3.63) is 46.6 Å². The minimum absolute atomic E-state index is 0.00655. The topological polar surface area (TPSA) is 60.8 Å². The maximum absolute atomic E-state index is 10.1. The quantitative estimate of drug-likeness (QED) is 0.714. The van der Waals surface area contributed by atoms with E-state index in [1.165, 1.54) is 6.07 Å². The minimum atomic E-state index is -0.00655. The highest BCUT2D eigenvalue weighted by atomic mass is 35.5. The highest BCUT2D eigenvalue weighted by Crippen LogP contribution is 2.31. The summed E-state index contributed by atoms with van der Waals surface area (Å²) < 4.78 is 16.9. The Balaban J connectivity index is 1.60. The van der Waals surface area contributed by atoms with Crippen LogP contribution in [-0.4, -0.2) is 36.0 Å². The fourth-order valence-corrected chi connectivity index (χ4v) is 3.27. The lowest BCUT2D eigenvalue weighted by atomic mass is 10.1. The van der Waals surface area contributed by atoms with E-state index in [0.717, 1.165) is 43.6 Å². The van der Waals surface area contributed by atoms with Gasteiger partial charge >= 0.3 is 0 Å². The summed E-state index contributed by atoms with van der Waals surface area (Å²) >= 11 is 6.23. The zero-order chi connectivity index (χ0) is 19.1. The molecule has 5 nitrogen and oxygen atoms in total. The molecule has 1 unspecified atom stereocenters. The first-order valence-corrected chi connectivity index (χ1v) is 9.88. The summed E-state index contributed by atoms with van der Waals surface area (Å²) in [6, 6.07) is 9.43. The second kappa shape index (κ2) is 9.81. The van der Waals surface area contributed by atoms with E-state index in [0.29, 0.717) is 31.2 Å². The van der Waals surface area contributed by atoms with Gasteiger partial charge in [0.1, 0.15) is 23.1 Å². The summed E-state index contributed by atoms with van der Waals surface area (Å²) in [5, 5.41) is 10.4. The van der Waals surface area contributed by atoms with Crippen molar-refractivity contribution < 1.29 is 19.3 Å². The number of pyridine rings is 1. The van der Waals surface area contributed by atoms with Crippen molar-refractivity contribution in [2.24, 2.45) is 0 Å². The molecule has 146 valence electrons. The lowest BCUT2D eigenvalue weighted by molar-refractivity contribution is -0.0120. The minimum Gasteiger partial charge on any atom is -0.506 e. The highest BCUT2D eigenvalue weighted by molar-refractivity contribution is 6.32. The number of aromatic nitrogens is 1. The predicted octanol–water partition coefficient (Wildman–Crippen LogP) is 4.57. The van der Waals surface area contributed by atoms with Crippen LogP contribution in [-0.2, 0) is 17.6 Å². The van der Waals surface area contributed by atoms with Crippen molar-refractivity contribution in [1.82, 2.24) is 4.98 Å². The van der Waals surface area contributed by atoms with E-state index in [9.17, 15) is 5.11 Å². The third-order valence-corrected chi connectivity index (χ3v) is 4.97. The molecule has 0 saturated carbocycles. The number of ether oxygens (including phenoxy) is 3. The molecule has 2 aromatic rings. The largest absolute Gasteiger partial charge is 0.506 e. The van der Waals surface area contributed by atoms with Gasteiger partial charge in [0.25, 0.3) is 0 Å². The van der Waals surface area contributed by atoms with Crippen LogP contribution in [0.5, 0.6) is 17.4 Å². The Hall–Kier alpha value is -1.98. The summed E-state index contributed by atoms with van der Waals surface area (Å²) in [6.07, 6.45) is 4.70. The number of rotatable bonds is 8. The fraction of sp³-hybridized carbons (Fsp3) is 0.476. The van der Waals surface area contributed by atoms with Crippen molar-refractivity contribution in [3.8, 4) is 17.4 Å². The van der Waals surface area contributed by atoms with E-state index in [1.54, 1.807) is 0 Å². The van der Waals surface area contributed by atoms with Gasteiger partial charge in [0.05, 0.1) is 18.4 Å². The molecule has 0 aliphatic carbocycles. The summed E-state index contributed by atoms with van der Waals surface area (Å²) in [4.78, 5) is 4.49. The molecular weight excluding hydrogens is 366 g/mol. The first-order chi connectivity index (χ1) is 13.2. The number of hydrogen-bond donors (Lipinski definition) is 1. The SMILES string of the molecule is CCOc1ccc(CCc2nc(OCC3CCCCO3)cc(O)c2Cl)cc1. The van der Waals surface area contributed by atoms with Crippen molar-refractivity contribution in [2.45, 2.75) is 45.1 Å². The molecule has 1 aromatic heterocycles. The maximum Gasteiger partial charge on any atom is 0.217 e. The van der Waals surface area contributed by atoms with Crippen molar-refractivity contribution in [3.63, 3.8) is 0 Å². The molecule has 1 fully saturated rings. The average Bonchev–Trinajstić information content (AvgIpc) is 2.70. The third kappa shape index (κ3) is 5.75. The average molecular weight is 392 g/mol. The lowest BCUT2D eigenvalue weighted by Crippen LogP contribution is -2.26. The van der Waals surface area contributed by atoms with Gasteiger partial charge in [-0.25, -0.2) is 4.98 Å². The number of benzene rings is 1. The highest BCUT2D eigenvalue weighted by Gasteiger charge is 2.16. The zero-order valence-electron chi connectivity index (χ0n) is 15.6. The predicted molar refractivity (Wildman–Crippen MR) is 105 cm³/mol. The van der Waals surface area contributed by atoms with Gasteiger partial charge in [-0.05, 0) is 56.7 Å². The molecule has 1 saturated heterocycles. The molecule has 0 amide bonds. The van der Waals surface area contributed by atoms with Crippen LogP contribution in [0.25, 0.3) is 0 Å². The Morgan fingerprint density at radius 2 is 2.00 bits per heavy atom. The normalized spacial score (nSPS) is 16.9. The van der Waals surface area contributed by atoms with Crippen molar-refractivity contribution >= 4 is 11.6 Å². The Kier molecular flexibility index (Phi) is 7.18. The van der Waals surface area contributed by atoms with Gasteiger partial charge in [-0.1, -0.05) is 23.7 Å². The van der Waals surface area contributed by atoms with E-state index in [2.05, 4.69) is 4.98 Å². The molecule has 0 spiro atoms. The van der Waals surface area contributed by atoms with Gasteiger partial charge in [-0.2, -0.15) is 0 Å². The molecule has 1 atom stereocenters. The molecule has 0 radical (unpaired) electrons. The van der Waals surface area contributed by atoms with Crippen LogP contribution in [0.15, 0.2) is 30.3 Å². The summed E-state index contributed by atoms with van der Waals surface area (Å²) in [5.74, 6) is 1.23. The van der Waals surface area contributed by atoms with Gasteiger partial charge in [-0.3, -0.25) is 0 Å². The molecule has 6 heteroatoms. The monoisotopic (exact) mass is 391 g/mol. The molecule has 2 heterocycles. The van der Waals surface area contributed by atoms with Crippen LogP contribution in [0, 0.1) is 0 Å². The number of halogens is 1. The summed E-state index contributed by atoms with van der Waals surface area (Å²) in [6.45, 7) is 3.83. The number of aryl methyl sites for hydroxylation is 2. The molecule has 3 rings (SSSR count). The van der Waals surface area contributed by atoms with Crippen LogP contribution >= 0.6 is 11.6 Å². The van der Waals surface area contributed by atoms with Crippen molar-refractivity contribution in [2.75, 3.05) is 19.8 Å². The summed E-state index contributed by atoms with van der Waals surface area (Å²) in [5.41, 5.74) is 1.78.